The summed E-state index contributed by atoms with van der Waals surface area (Å²) in [6, 6.07) is 0. The highest BCUT2D eigenvalue weighted by molar-refractivity contribution is 5.70. The SMILES string of the molecule is O=C(O)C1CCCC2(O)CCCCC12. The van der Waals surface area contributed by atoms with Crippen molar-refractivity contribution in [3.05, 3.63) is 0 Å². The molecule has 2 N–H and O–H groups in total. The molecule has 2 aliphatic rings. The topological polar surface area (TPSA) is 57.5 Å². The van der Waals surface area contributed by atoms with Gasteiger partial charge in [-0.15, -0.1) is 0 Å². The van der Waals surface area contributed by atoms with E-state index in [2.05, 4.69) is 0 Å². The number of hydrogen-bond acceptors (Lipinski definition) is 2. The van der Waals surface area contributed by atoms with Gasteiger partial charge in [-0.2, -0.15) is 0 Å². The Kier molecular flexibility index (Phi) is 2.52. The minimum atomic E-state index is -0.713. The van der Waals surface area contributed by atoms with Gasteiger partial charge in [0.25, 0.3) is 0 Å². The van der Waals surface area contributed by atoms with Crippen molar-refractivity contribution < 1.29 is 15.0 Å². The minimum Gasteiger partial charge on any atom is -0.481 e. The predicted molar refractivity (Wildman–Crippen MR) is 51.9 cm³/mol. The summed E-state index contributed by atoms with van der Waals surface area (Å²) < 4.78 is 0. The maximum Gasteiger partial charge on any atom is 0.306 e. The van der Waals surface area contributed by atoms with Crippen LogP contribution in [0.15, 0.2) is 0 Å². The molecule has 80 valence electrons. The molecule has 3 heteroatoms. The number of carbonyl (C=O) groups is 1. The Morgan fingerprint density at radius 3 is 2.57 bits per heavy atom. The third-order valence-electron chi connectivity index (χ3n) is 3.99. The highest BCUT2D eigenvalue weighted by Crippen LogP contribution is 2.46. The van der Waals surface area contributed by atoms with Crippen molar-refractivity contribution >= 4 is 5.97 Å². The summed E-state index contributed by atoms with van der Waals surface area (Å²) >= 11 is 0. The summed E-state index contributed by atoms with van der Waals surface area (Å²) in [4.78, 5) is 11.0. The molecule has 2 rings (SSSR count). The maximum absolute atomic E-state index is 11.0. The lowest BCUT2D eigenvalue weighted by Crippen LogP contribution is -2.49. The lowest BCUT2D eigenvalue weighted by Gasteiger charge is -2.46. The fourth-order valence-electron chi connectivity index (χ4n) is 3.26. The summed E-state index contributed by atoms with van der Waals surface area (Å²) in [6.07, 6.45) is 6.26. The quantitative estimate of drug-likeness (QED) is 0.675. The fourth-order valence-corrected chi connectivity index (χ4v) is 3.26. The van der Waals surface area contributed by atoms with Crippen LogP contribution in [0.5, 0.6) is 0 Å². The van der Waals surface area contributed by atoms with E-state index in [0.717, 1.165) is 44.9 Å². The monoisotopic (exact) mass is 198 g/mol. The largest absolute Gasteiger partial charge is 0.481 e. The van der Waals surface area contributed by atoms with E-state index in [4.69, 9.17) is 5.11 Å². The lowest BCUT2D eigenvalue weighted by molar-refractivity contribution is -0.158. The molecular weight excluding hydrogens is 180 g/mol. The Morgan fingerprint density at radius 2 is 1.86 bits per heavy atom. The van der Waals surface area contributed by atoms with E-state index < -0.39 is 11.6 Å². The van der Waals surface area contributed by atoms with Gasteiger partial charge in [0.05, 0.1) is 11.5 Å². The summed E-state index contributed by atoms with van der Waals surface area (Å²) in [5, 5.41) is 19.4. The van der Waals surface area contributed by atoms with Crippen LogP contribution in [-0.2, 0) is 4.79 Å². The van der Waals surface area contributed by atoms with Gasteiger partial charge < -0.3 is 10.2 Å². The molecule has 3 atom stereocenters. The molecule has 2 aliphatic carbocycles. The molecule has 14 heavy (non-hydrogen) atoms. The Balaban J connectivity index is 2.18. The molecular formula is C11H18O3. The molecule has 0 radical (unpaired) electrons. The summed E-state index contributed by atoms with van der Waals surface area (Å²) in [7, 11) is 0. The molecule has 0 spiro atoms. The molecule has 0 aromatic rings. The average Bonchev–Trinajstić information content (AvgIpc) is 2.15. The first kappa shape index (κ1) is 9.97. The van der Waals surface area contributed by atoms with Gasteiger partial charge in [-0.3, -0.25) is 4.79 Å². The van der Waals surface area contributed by atoms with Crippen molar-refractivity contribution in [2.24, 2.45) is 11.8 Å². The average molecular weight is 198 g/mol. The summed E-state index contributed by atoms with van der Waals surface area (Å²) in [6.45, 7) is 0. The van der Waals surface area contributed by atoms with Crippen molar-refractivity contribution in [2.75, 3.05) is 0 Å². The molecule has 2 fully saturated rings. The van der Waals surface area contributed by atoms with Crippen molar-refractivity contribution in [1.29, 1.82) is 0 Å². The van der Waals surface area contributed by atoms with E-state index in [0.29, 0.717) is 0 Å². The third kappa shape index (κ3) is 1.54. The first-order valence-corrected chi connectivity index (χ1v) is 5.59. The number of hydrogen-bond donors (Lipinski definition) is 2. The van der Waals surface area contributed by atoms with E-state index in [1.165, 1.54) is 0 Å². The fraction of sp³-hybridized carbons (Fsp3) is 0.909. The Bertz CT molecular complexity index is 235. The Hall–Kier alpha value is -0.570. The Morgan fingerprint density at radius 1 is 1.14 bits per heavy atom. The zero-order chi connectivity index (χ0) is 10.2. The van der Waals surface area contributed by atoms with Crippen LogP contribution in [0.2, 0.25) is 0 Å². The van der Waals surface area contributed by atoms with Crippen LogP contribution >= 0.6 is 0 Å². The molecule has 0 amide bonds. The van der Waals surface area contributed by atoms with E-state index >= 15 is 0 Å². The van der Waals surface area contributed by atoms with Crippen LogP contribution in [-0.4, -0.2) is 21.8 Å². The molecule has 0 aliphatic heterocycles. The number of rotatable bonds is 1. The standard InChI is InChI=1S/C11H18O3/c12-10(13)8-4-3-7-11(14)6-2-1-5-9(8)11/h8-9,14H,1-7H2,(H,12,13). The van der Waals surface area contributed by atoms with Crippen LogP contribution in [0.3, 0.4) is 0 Å². The minimum absolute atomic E-state index is 0.0162. The molecule has 2 saturated carbocycles. The van der Waals surface area contributed by atoms with Crippen LogP contribution in [0.1, 0.15) is 44.9 Å². The highest BCUT2D eigenvalue weighted by Gasteiger charge is 2.47. The van der Waals surface area contributed by atoms with Gasteiger partial charge in [0.15, 0.2) is 0 Å². The van der Waals surface area contributed by atoms with Gasteiger partial charge in [-0.25, -0.2) is 0 Å². The zero-order valence-corrected chi connectivity index (χ0v) is 8.41. The van der Waals surface area contributed by atoms with Crippen LogP contribution in [0.25, 0.3) is 0 Å². The number of aliphatic hydroxyl groups is 1. The lowest BCUT2D eigenvalue weighted by atomic mass is 9.62. The van der Waals surface area contributed by atoms with Gasteiger partial charge >= 0.3 is 5.97 Å². The van der Waals surface area contributed by atoms with Gasteiger partial charge in [0, 0.05) is 5.92 Å². The van der Waals surface area contributed by atoms with E-state index in [1.807, 2.05) is 0 Å². The van der Waals surface area contributed by atoms with Crippen LogP contribution < -0.4 is 0 Å². The maximum atomic E-state index is 11.0. The molecule has 0 aromatic heterocycles. The summed E-state index contributed by atoms with van der Waals surface area (Å²) in [5.41, 5.74) is -0.653. The molecule has 0 aromatic carbocycles. The van der Waals surface area contributed by atoms with Crippen molar-refractivity contribution in [3.8, 4) is 0 Å². The number of aliphatic carboxylic acids is 1. The highest BCUT2D eigenvalue weighted by atomic mass is 16.4. The smallest absolute Gasteiger partial charge is 0.306 e. The van der Waals surface area contributed by atoms with Crippen molar-refractivity contribution in [3.63, 3.8) is 0 Å². The van der Waals surface area contributed by atoms with Crippen LogP contribution in [0.4, 0.5) is 0 Å². The Labute approximate surface area is 84.1 Å². The number of carboxylic acids is 1. The zero-order valence-electron chi connectivity index (χ0n) is 8.41. The summed E-state index contributed by atoms with van der Waals surface area (Å²) in [5.74, 6) is -0.994. The van der Waals surface area contributed by atoms with Gasteiger partial charge in [-0.05, 0) is 32.1 Å². The predicted octanol–water partition coefficient (Wildman–Crippen LogP) is 1.79. The molecule has 3 nitrogen and oxygen atoms in total. The van der Waals surface area contributed by atoms with Crippen molar-refractivity contribution in [1.82, 2.24) is 0 Å². The third-order valence-corrected chi connectivity index (χ3v) is 3.99. The second-order valence-electron chi connectivity index (χ2n) is 4.79. The van der Waals surface area contributed by atoms with Crippen molar-refractivity contribution in [2.45, 2.75) is 50.5 Å². The molecule has 0 heterocycles. The van der Waals surface area contributed by atoms with Gasteiger partial charge in [0.1, 0.15) is 0 Å². The van der Waals surface area contributed by atoms with E-state index in [-0.39, 0.29) is 11.8 Å². The first-order valence-electron chi connectivity index (χ1n) is 5.59. The normalized spacial score (nSPS) is 42.9. The molecule has 3 unspecified atom stereocenters. The van der Waals surface area contributed by atoms with Gasteiger partial charge in [-0.1, -0.05) is 12.8 Å². The van der Waals surface area contributed by atoms with E-state index in [9.17, 15) is 9.90 Å². The second-order valence-corrected chi connectivity index (χ2v) is 4.79. The van der Waals surface area contributed by atoms with Gasteiger partial charge in [0.2, 0.25) is 0 Å². The molecule has 0 bridgehead atoms. The number of fused-ring (bicyclic) bond motifs is 1. The first-order chi connectivity index (χ1) is 6.63. The number of carboxylic acid groups (broad SMARTS) is 1. The van der Waals surface area contributed by atoms with Crippen LogP contribution in [0, 0.1) is 11.8 Å². The molecule has 0 saturated heterocycles. The second kappa shape index (κ2) is 3.54. The van der Waals surface area contributed by atoms with E-state index in [1.54, 1.807) is 0 Å².